The van der Waals surface area contributed by atoms with Gasteiger partial charge in [-0.25, -0.2) is 4.79 Å². The lowest BCUT2D eigenvalue weighted by atomic mass is 9.92. The number of nitrogens with zero attached hydrogens (tertiary/aromatic N) is 1. The number of carbonyl (C=O) groups is 3. The number of anilines is 1. The van der Waals surface area contributed by atoms with Gasteiger partial charge in [0.15, 0.2) is 11.5 Å². The van der Waals surface area contributed by atoms with Crippen molar-refractivity contribution in [1.29, 1.82) is 0 Å². The van der Waals surface area contributed by atoms with Crippen molar-refractivity contribution in [2.45, 2.75) is 12.5 Å². The van der Waals surface area contributed by atoms with Gasteiger partial charge in [0.2, 0.25) is 5.91 Å². The standard InChI is InChI=1S/C20H18BrN3O5/c1-20(12-3-2-4-13(21)9-12)18(26)24(19(27)23-20)11-17(25)22-14-5-6-15-16(10-14)29-8-7-28-15/h2-6,9-10H,7-8,11H2,1H3,(H,22,25)(H,23,27)/t20-/m1/s1. The number of fused-ring (bicyclic) bond motifs is 1. The molecule has 9 heteroatoms. The van der Waals surface area contributed by atoms with Gasteiger partial charge in [-0.2, -0.15) is 0 Å². The van der Waals surface area contributed by atoms with Crippen LogP contribution in [-0.2, 0) is 15.1 Å². The number of ether oxygens (including phenoxy) is 2. The van der Waals surface area contributed by atoms with Gasteiger partial charge in [-0.1, -0.05) is 28.1 Å². The maximum absolute atomic E-state index is 12.9. The van der Waals surface area contributed by atoms with Gasteiger partial charge in [0.05, 0.1) is 0 Å². The van der Waals surface area contributed by atoms with E-state index >= 15 is 0 Å². The van der Waals surface area contributed by atoms with Gasteiger partial charge in [0.25, 0.3) is 5.91 Å². The Bertz CT molecular complexity index is 1010. The quantitative estimate of drug-likeness (QED) is 0.684. The van der Waals surface area contributed by atoms with Crippen LogP contribution in [0.2, 0.25) is 0 Å². The summed E-state index contributed by atoms with van der Waals surface area (Å²) in [6.45, 7) is 2.12. The molecule has 2 aromatic carbocycles. The Morgan fingerprint density at radius 2 is 1.93 bits per heavy atom. The van der Waals surface area contributed by atoms with Crippen LogP contribution in [0.15, 0.2) is 46.9 Å². The Morgan fingerprint density at radius 1 is 1.17 bits per heavy atom. The molecule has 0 aliphatic carbocycles. The van der Waals surface area contributed by atoms with Gasteiger partial charge >= 0.3 is 6.03 Å². The number of hydrogen-bond acceptors (Lipinski definition) is 5. The maximum atomic E-state index is 12.9. The Morgan fingerprint density at radius 3 is 2.69 bits per heavy atom. The van der Waals surface area contributed by atoms with Crippen molar-refractivity contribution in [2.24, 2.45) is 0 Å². The van der Waals surface area contributed by atoms with Crippen molar-refractivity contribution >= 4 is 39.5 Å². The van der Waals surface area contributed by atoms with E-state index in [0.29, 0.717) is 36.0 Å². The van der Waals surface area contributed by atoms with Crippen molar-refractivity contribution in [3.8, 4) is 11.5 Å². The van der Waals surface area contributed by atoms with Gasteiger partial charge in [0, 0.05) is 16.2 Å². The summed E-state index contributed by atoms with van der Waals surface area (Å²) in [4.78, 5) is 38.7. The molecule has 29 heavy (non-hydrogen) atoms. The van der Waals surface area contributed by atoms with Gasteiger partial charge < -0.3 is 20.1 Å². The molecule has 150 valence electrons. The summed E-state index contributed by atoms with van der Waals surface area (Å²) >= 11 is 3.37. The molecule has 1 atom stereocenters. The van der Waals surface area contributed by atoms with E-state index in [1.54, 1.807) is 43.3 Å². The number of nitrogens with one attached hydrogen (secondary N) is 2. The molecule has 2 N–H and O–H groups in total. The zero-order chi connectivity index (χ0) is 20.6. The summed E-state index contributed by atoms with van der Waals surface area (Å²) < 4.78 is 11.7. The third-order valence-corrected chi connectivity index (χ3v) is 5.30. The normalized spacial score (nSPS) is 20.4. The number of imide groups is 1. The number of amides is 4. The molecule has 2 heterocycles. The van der Waals surface area contributed by atoms with Crippen LogP contribution in [0.25, 0.3) is 0 Å². The highest BCUT2D eigenvalue weighted by atomic mass is 79.9. The fraction of sp³-hybridized carbons (Fsp3) is 0.250. The van der Waals surface area contributed by atoms with Crippen LogP contribution < -0.4 is 20.1 Å². The van der Waals surface area contributed by atoms with E-state index in [0.717, 1.165) is 9.37 Å². The van der Waals surface area contributed by atoms with Gasteiger partial charge in [-0.15, -0.1) is 0 Å². The SMILES string of the molecule is C[C@]1(c2cccc(Br)c2)NC(=O)N(CC(=O)Nc2ccc3c(c2)OCCO3)C1=O. The van der Waals surface area contributed by atoms with Crippen LogP contribution in [0.1, 0.15) is 12.5 Å². The van der Waals surface area contributed by atoms with Crippen LogP contribution >= 0.6 is 15.9 Å². The van der Waals surface area contributed by atoms with Crippen molar-refractivity contribution in [3.63, 3.8) is 0 Å². The van der Waals surface area contributed by atoms with Crippen molar-refractivity contribution in [2.75, 3.05) is 25.1 Å². The molecule has 4 amide bonds. The van der Waals surface area contributed by atoms with Crippen LogP contribution in [0, 0.1) is 0 Å². The average Bonchev–Trinajstić information content (AvgIpc) is 2.92. The van der Waals surface area contributed by atoms with Gasteiger partial charge in [0.1, 0.15) is 25.3 Å². The molecule has 0 bridgehead atoms. The van der Waals surface area contributed by atoms with Crippen LogP contribution in [0.3, 0.4) is 0 Å². The second kappa shape index (κ2) is 7.40. The van der Waals surface area contributed by atoms with Crippen LogP contribution in [-0.4, -0.2) is 42.5 Å². The lowest BCUT2D eigenvalue weighted by molar-refractivity contribution is -0.133. The topological polar surface area (TPSA) is 97.0 Å². The Balaban J connectivity index is 1.47. The first kappa shape index (κ1) is 19.3. The first-order valence-corrected chi connectivity index (χ1v) is 9.76. The predicted molar refractivity (Wildman–Crippen MR) is 108 cm³/mol. The molecular weight excluding hydrogens is 442 g/mol. The Kier molecular flexibility index (Phi) is 4.91. The number of urea groups is 1. The molecule has 0 saturated carbocycles. The lowest BCUT2D eigenvalue weighted by Gasteiger charge is -2.22. The largest absolute Gasteiger partial charge is 0.486 e. The summed E-state index contributed by atoms with van der Waals surface area (Å²) in [5.41, 5.74) is -0.126. The first-order chi connectivity index (χ1) is 13.9. The van der Waals surface area contributed by atoms with E-state index in [1.165, 1.54) is 0 Å². The molecule has 4 rings (SSSR count). The molecular formula is C20H18BrN3O5. The Labute approximate surface area is 175 Å². The van der Waals surface area contributed by atoms with Gasteiger partial charge in [-0.05, 0) is 36.8 Å². The summed E-state index contributed by atoms with van der Waals surface area (Å²) in [7, 11) is 0. The summed E-state index contributed by atoms with van der Waals surface area (Å²) in [5, 5.41) is 5.36. The molecule has 1 saturated heterocycles. The van der Waals surface area contributed by atoms with E-state index in [-0.39, 0.29) is 0 Å². The highest BCUT2D eigenvalue weighted by molar-refractivity contribution is 9.10. The molecule has 2 aliphatic heterocycles. The van der Waals surface area contributed by atoms with Crippen LogP contribution in [0.4, 0.5) is 10.5 Å². The first-order valence-electron chi connectivity index (χ1n) is 8.96. The third kappa shape index (κ3) is 3.65. The van der Waals surface area contributed by atoms with E-state index in [4.69, 9.17) is 9.47 Å². The second-order valence-corrected chi connectivity index (χ2v) is 7.78. The summed E-state index contributed by atoms with van der Waals surface area (Å²) in [5.74, 6) is 0.154. The number of hydrogen-bond donors (Lipinski definition) is 2. The highest BCUT2D eigenvalue weighted by Gasteiger charge is 2.49. The maximum Gasteiger partial charge on any atom is 0.325 e. The van der Waals surface area contributed by atoms with E-state index in [1.807, 2.05) is 6.07 Å². The van der Waals surface area contributed by atoms with Crippen LogP contribution in [0.5, 0.6) is 11.5 Å². The minimum absolute atomic E-state index is 0.400. The third-order valence-electron chi connectivity index (χ3n) is 4.80. The molecule has 2 aromatic rings. The monoisotopic (exact) mass is 459 g/mol. The number of carbonyl (C=O) groups excluding carboxylic acids is 3. The molecule has 8 nitrogen and oxygen atoms in total. The van der Waals surface area contributed by atoms with E-state index in [9.17, 15) is 14.4 Å². The Hall–Kier alpha value is -3.07. The fourth-order valence-corrected chi connectivity index (χ4v) is 3.70. The van der Waals surface area contributed by atoms with Crippen molar-refractivity contribution in [1.82, 2.24) is 10.2 Å². The van der Waals surface area contributed by atoms with Crippen molar-refractivity contribution < 1.29 is 23.9 Å². The minimum Gasteiger partial charge on any atom is -0.486 e. The molecule has 0 unspecified atom stereocenters. The summed E-state index contributed by atoms with van der Waals surface area (Å²) in [6, 6.07) is 11.5. The lowest BCUT2D eigenvalue weighted by Crippen LogP contribution is -2.42. The molecule has 0 spiro atoms. The van der Waals surface area contributed by atoms with E-state index in [2.05, 4.69) is 26.6 Å². The molecule has 0 aromatic heterocycles. The number of halogens is 1. The highest BCUT2D eigenvalue weighted by Crippen LogP contribution is 2.33. The molecule has 2 aliphatic rings. The second-order valence-electron chi connectivity index (χ2n) is 6.86. The fourth-order valence-electron chi connectivity index (χ4n) is 3.30. The molecule has 0 radical (unpaired) electrons. The smallest absolute Gasteiger partial charge is 0.325 e. The van der Waals surface area contributed by atoms with Crippen molar-refractivity contribution in [3.05, 3.63) is 52.5 Å². The number of rotatable bonds is 4. The average molecular weight is 460 g/mol. The zero-order valence-corrected chi connectivity index (χ0v) is 17.1. The molecule has 1 fully saturated rings. The number of benzene rings is 2. The predicted octanol–water partition coefficient (Wildman–Crippen LogP) is 2.63. The van der Waals surface area contributed by atoms with Gasteiger partial charge in [-0.3, -0.25) is 14.5 Å². The zero-order valence-electron chi connectivity index (χ0n) is 15.5. The summed E-state index contributed by atoms with van der Waals surface area (Å²) in [6.07, 6.45) is 0. The minimum atomic E-state index is -1.24. The van der Waals surface area contributed by atoms with E-state index < -0.39 is 29.9 Å².